The predicted octanol–water partition coefficient (Wildman–Crippen LogP) is 1.65. The molecule has 0 atom stereocenters. The normalized spacial score (nSPS) is 21.2. The number of rotatable bonds is 4. The summed E-state index contributed by atoms with van der Waals surface area (Å²) in [5.41, 5.74) is 0.452. The van der Waals surface area contributed by atoms with E-state index >= 15 is 0 Å². The molecule has 0 saturated carbocycles. The Morgan fingerprint density at radius 2 is 1.71 bits per heavy atom. The number of ketones is 2. The first kappa shape index (κ1) is 11.6. The highest BCUT2D eigenvalue weighted by Gasteiger charge is 2.41. The highest BCUT2D eigenvalue weighted by atomic mass is 16.1. The fourth-order valence-corrected chi connectivity index (χ4v) is 2.23. The monoisotopic (exact) mass is 228 g/mol. The first-order chi connectivity index (χ1) is 8.12. The van der Waals surface area contributed by atoms with Crippen LogP contribution < -0.4 is 5.32 Å². The Balaban J connectivity index is 2.31. The van der Waals surface area contributed by atoms with Gasteiger partial charge in [0.1, 0.15) is 0 Å². The molecule has 2 aliphatic rings. The summed E-state index contributed by atoms with van der Waals surface area (Å²) in [4.78, 5) is 23.4. The van der Waals surface area contributed by atoms with E-state index in [1.54, 1.807) is 12.2 Å². The highest BCUT2D eigenvalue weighted by molar-refractivity contribution is 6.21. The Morgan fingerprint density at radius 1 is 1.12 bits per heavy atom. The van der Waals surface area contributed by atoms with E-state index in [9.17, 15) is 9.59 Å². The smallest absolute Gasteiger partial charge is 0.202 e. The van der Waals surface area contributed by atoms with Crippen molar-refractivity contribution in [3.8, 4) is 0 Å². The third-order valence-corrected chi connectivity index (χ3v) is 2.98. The van der Waals surface area contributed by atoms with Gasteiger partial charge in [-0.3, -0.25) is 9.59 Å². The second-order valence-electron chi connectivity index (χ2n) is 4.26. The summed E-state index contributed by atoms with van der Waals surface area (Å²) in [5.74, 6) is -0.270. The molecule has 1 radical (unpaired) electrons. The lowest BCUT2D eigenvalue weighted by Crippen LogP contribution is -2.41. The largest absolute Gasteiger partial charge is 0.375 e. The van der Waals surface area contributed by atoms with Gasteiger partial charge in [-0.25, -0.2) is 0 Å². The summed E-state index contributed by atoms with van der Waals surface area (Å²) >= 11 is 0. The van der Waals surface area contributed by atoms with Crippen LogP contribution in [0.15, 0.2) is 48.7 Å². The number of hydrogen-bond donors (Lipinski definition) is 1. The van der Waals surface area contributed by atoms with Gasteiger partial charge >= 0.3 is 0 Å². The Labute approximate surface area is 101 Å². The van der Waals surface area contributed by atoms with Gasteiger partial charge < -0.3 is 5.32 Å². The Hall–Kier alpha value is -1.90. The summed E-state index contributed by atoms with van der Waals surface area (Å²) in [5, 5.41) is 3.15. The first-order valence-electron chi connectivity index (χ1n) is 5.49. The topological polar surface area (TPSA) is 46.2 Å². The van der Waals surface area contributed by atoms with Crippen LogP contribution in [-0.4, -0.2) is 17.1 Å². The van der Waals surface area contributed by atoms with Crippen molar-refractivity contribution in [3.05, 3.63) is 55.2 Å². The quantitative estimate of drug-likeness (QED) is 0.588. The second kappa shape index (κ2) is 4.17. The Bertz CT molecular complexity index is 427. The summed E-state index contributed by atoms with van der Waals surface area (Å²) in [7, 11) is 0. The summed E-state index contributed by atoms with van der Waals surface area (Å²) in [6.07, 6.45) is 9.29. The van der Waals surface area contributed by atoms with Crippen LogP contribution in [0.3, 0.4) is 0 Å². The van der Waals surface area contributed by atoms with Crippen molar-refractivity contribution in [2.75, 3.05) is 0 Å². The highest BCUT2D eigenvalue weighted by Crippen LogP contribution is 2.35. The lowest BCUT2D eigenvalue weighted by molar-refractivity contribution is -0.115. The molecule has 17 heavy (non-hydrogen) atoms. The number of carbonyl (C=O) groups excluding carboxylic acids is 2. The molecule has 1 heterocycles. The summed E-state index contributed by atoms with van der Waals surface area (Å²) in [6, 6.07) is 0. The molecule has 0 aromatic heterocycles. The van der Waals surface area contributed by atoms with Gasteiger partial charge in [0, 0.05) is 12.0 Å². The van der Waals surface area contributed by atoms with E-state index in [1.165, 1.54) is 12.2 Å². The number of nitrogens with one attached hydrogen (secondary N) is 1. The molecule has 2 rings (SSSR count). The number of carbonyl (C=O) groups is 2. The molecule has 1 N–H and O–H groups in total. The molecule has 0 aromatic rings. The van der Waals surface area contributed by atoms with Gasteiger partial charge in [0.05, 0.1) is 11.2 Å². The lowest BCUT2D eigenvalue weighted by Gasteiger charge is -2.28. The zero-order valence-electron chi connectivity index (χ0n) is 9.53. The van der Waals surface area contributed by atoms with E-state index in [2.05, 4.69) is 18.5 Å². The lowest BCUT2D eigenvalue weighted by atomic mass is 9.86. The zero-order valence-corrected chi connectivity index (χ0v) is 9.53. The summed E-state index contributed by atoms with van der Waals surface area (Å²) < 4.78 is 0. The molecular formula is C14H14NO2. The molecule has 1 aliphatic heterocycles. The average Bonchev–Trinajstić information content (AvgIpc) is 2.66. The zero-order chi connectivity index (χ0) is 12.5. The van der Waals surface area contributed by atoms with Crippen molar-refractivity contribution in [2.24, 2.45) is 0 Å². The fourth-order valence-electron chi connectivity index (χ4n) is 2.23. The molecule has 87 valence electrons. The van der Waals surface area contributed by atoms with Crippen LogP contribution in [0, 0.1) is 6.42 Å². The van der Waals surface area contributed by atoms with Gasteiger partial charge in [-0.15, -0.1) is 13.2 Å². The van der Waals surface area contributed by atoms with Gasteiger partial charge in [-0.2, -0.15) is 0 Å². The standard InChI is InChI=1S/C14H14NO2/c1-3-7-14(8-4-2)9-10-11(16)5-6-12(17)13(10)15-14/h3-6,9,15H,1-2,7-8H2. The van der Waals surface area contributed by atoms with Gasteiger partial charge in [0.2, 0.25) is 5.78 Å². The van der Waals surface area contributed by atoms with E-state index in [1.807, 2.05) is 6.42 Å². The third kappa shape index (κ3) is 1.88. The fraction of sp³-hybridized carbons (Fsp3) is 0.214. The van der Waals surface area contributed by atoms with Crippen LogP contribution in [0.2, 0.25) is 0 Å². The van der Waals surface area contributed by atoms with Crippen molar-refractivity contribution in [3.63, 3.8) is 0 Å². The SMILES string of the molecule is C=CCC1(CC=C)[CH]C2=C(N1)C(=O)C=CC2=O. The van der Waals surface area contributed by atoms with Crippen molar-refractivity contribution in [2.45, 2.75) is 18.4 Å². The van der Waals surface area contributed by atoms with Crippen LogP contribution in [0.5, 0.6) is 0 Å². The van der Waals surface area contributed by atoms with Gasteiger partial charge in [-0.05, 0) is 25.0 Å². The number of hydrogen-bond acceptors (Lipinski definition) is 3. The minimum atomic E-state index is -0.425. The number of allylic oxidation sites excluding steroid dienone is 2. The maximum atomic E-state index is 11.7. The molecule has 0 saturated heterocycles. The first-order valence-corrected chi connectivity index (χ1v) is 5.49. The van der Waals surface area contributed by atoms with Crippen molar-refractivity contribution < 1.29 is 9.59 Å². The van der Waals surface area contributed by atoms with Crippen molar-refractivity contribution in [1.82, 2.24) is 5.32 Å². The van der Waals surface area contributed by atoms with Gasteiger partial charge in [0.15, 0.2) is 5.78 Å². The van der Waals surface area contributed by atoms with E-state index in [-0.39, 0.29) is 11.6 Å². The van der Waals surface area contributed by atoms with E-state index in [0.29, 0.717) is 24.1 Å². The van der Waals surface area contributed by atoms with E-state index < -0.39 is 5.54 Å². The van der Waals surface area contributed by atoms with Crippen LogP contribution in [0.25, 0.3) is 0 Å². The molecule has 0 fully saturated rings. The van der Waals surface area contributed by atoms with Crippen LogP contribution in [0.4, 0.5) is 0 Å². The van der Waals surface area contributed by atoms with Crippen LogP contribution in [-0.2, 0) is 9.59 Å². The molecule has 0 unspecified atom stereocenters. The van der Waals surface area contributed by atoms with Crippen LogP contribution in [0.1, 0.15) is 12.8 Å². The Morgan fingerprint density at radius 3 is 2.24 bits per heavy atom. The minimum absolute atomic E-state index is 0.123. The average molecular weight is 228 g/mol. The van der Waals surface area contributed by atoms with E-state index in [4.69, 9.17) is 0 Å². The molecule has 0 amide bonds. The maximum absolute atomic E-state index is 11.7. The van der Waals surface area contributed by atoms with Gasteiger partial charge in [0.25, 0.3) is 0 Å². The molecule has 3 heteroatoms. The molecule has 1 aliphatic carbocycles. The predicted molar refractivity (Wildman–Crippen MR) is 66.0 cm³/mol. The minimum Gasteiger partial charge on any atom is -0.375 e. The molecule has 0 aromatic carbocycles. The van der Waals surface area contributed by atoms with Gasteiger partial charge in [-0.1, -0.05) is 12.2 Å². The Kier molecular flexibility index (Phi) is 2.84. The summed E-state index contributed by atoms with van der Waals surface area (Å²) in [6.45, 7) is 7.42. The van der Waals surface area contributed by atoms with E-state index in [0.717, 1.165) is 0 Å². The molecule has 3 nitrogen and oxygen atoms in total. The van der Waals surface area contributed by atoms with Crippen molar-refractivity contribution >= 4 is 11.6 Å². The maximum Gasteiger partial charge on any atom is 0.202 e. The molecular weight excluding hydrogens is 214 g/mol. The third-order valence-electron chi connectivity index (χ3n) is 2.98. The molecule has 0 bridgehead atoms. The van der Waals surface area contributed by atoms with Crippen LogP contribution >= 0.6 is 0 Å². The molecule has 0 spiro atoms. The second-order valence-corrected chi connectivity index (χ2v) is 4.26. The van der Waals surface area contributed by atoms with Crippen molar-refractivity contribution in [1.29, 1.82) is 0 Å².